The number of amides is 2. The molecule has 0 saturated heterocycles. The van der Waals surface area contributed by atoms with Crippen LogP contribution < -0.4 is 19.6 Å². The zero-order valence-electron chi connectivity index (χ0n) is 25.1. The van der Waals surface area contributed by atoms with Crippen molar-refractivity contribution >= 4 is 29.3 Å². The van der Waals surface area contributed by atoms with Crippen molar-refractivity contribution in [3.63, 3.8) is 0 Å². The van der Waals surface area contributed by atoms with Gasteiger partial charge in [-0.2, -0.15) is 31.4 Å². The van der Waals surface area contributed by atoms with E-state index < -0.39 is 54.1 Å². The molecule has 2 aromatic heterocycles. The Bertz CT molecular complexity index is 1540. The van der Waals surface area contributed by atoms with Gasteiger partial charge in [0.15, 0.2) is 0 Å². The van der Waals surface area contributed by atoms with Crippen molar-refractivity contribution in [3.05, 3.63) is 65.1 Å². The summed E-state index contributed by atoms with van der Waals surface area (Å²) in [6.07, 6.45) is -8.25. The van der Waals surface area contributed by atoms with Crippen LogP contribution in [0.3, 0.4) is 0 Å². The first-order valence-corrected chi connectivity index (χ1v) is 14.0. The molecule has 3 aromatic rings. The molecule has 248 valence electrons. The molecule has 0 radical (unpaired) electrons. The van der Waals surface area contributed by atoms with E-state index in [-0.39, 0.29) is 58.6 Å². The average molecular weight is 657 g/mol. The number of ether oxygens (including phenoxy) is 2. The number of hydroxylamine groups is 1. The third kappa shape index (κ3) is 7.24. The molecule has 0 saturated carbocycles. The van der Waals surface area contributed by atoms with Gasteiger partial charge in [0.25, 0.3) is 0 Å². The molecule has 3 heterocycles. The molecule has 2 atom stereocenters. The predicted molar refractivity (Wildman–Crippen MR) is 151 cm³/mol. The fourth-order valence-electron chi connectivity index (χ4n) is 5.13. The largest absolute Gasteiger partial charge is 0.481 e. The summed E-state index contributed by atoms with van der Waals surface area (Å²) in [6.45, 7) is 4.00. The molecule has 1 aromatic carbocycles. The molecule has 1 aliphatic rings. The molecule has 0 fully saturated rings. The second-order valence-corrected chi connectivity index (χ2v) is 10.3. The minimum Gasteiger partial charge on any atom is -0.481 e. The molecule has 11 nitrogen and oxygen atoms in total. The van der Waals surface area contributed by atoms with Gasteiger partial charge in [0.2, 0.25) is 17.7 Å². The van der Waals surface area contributed by atoms with Crippen LogP contribution in [-0.4, -0.2) is 51.9 Å². The Kier molecular flexibility index (Phi) is 9.94. The van der Waals surface area contributed by atoms with Gasteiger partial charge in [-0.15, -0.1) is 0 Å². The van der Waals surface area contributed by atoms with Crippen LogP contribution in [0.5, 0.6) is 5.88 Å². The first-order valence-electron chi connectivity index (χ1n) is 14.0. The quantitative estimate of drug-likeness (QED) is 0.163. The van der Waals surface area contributed by atoms with Crippen molar-refractivity contribution in [1.82, 2.24) is 15.0 Å². The average Bonchev–Trinajstić information content (AvgIpc) is 3.01. The third-order valence-electron chi connectivity index (χ3n) is 7.26. The van der Waals surface area contributed by atoms with Crippen LogP contribution in [0.15, 0.2) is 42.7 Å². The van der Waals surface area contributed by atoms with Crippen LogP contribution in [0, 0.1) is 0 Å². The van der Waals surface area contributed by atoms with E-state index in [1.54, 1.807) is 19.9 Å². The van der Waals surface area contributed by atoms with E-state index in [4.69, 9.17) is 9.47 Å². The van der Waals surface area contributed by atoms with E-state index in [1.807, 2.05) is 0 Å². The lowest BCUT2D eigenvalue weighted by atomic mass is 9.92. The Morgan fingerprint density at radius 2 is 1.63 bits per heavy atom. The zero-order chi connectivity index (χ0) is 34.0. The lowest BCUT2D eigenvalue weighted by Crippen LogP contribution is -2.48. The van der Waals surface area contributed by atoms with Gasteiger partial charge in [-0.1, -0.05) is 6.92 Å². The SMILES string of the molecule is CCOC(=O)N1c2ccc(OC)nc2C(N(Cc2cc(C(F)(F)F)cc(C(F)(F)F)c2)c2ncc(N(O)C(C)=O)cn2)C[C@H]1CC. The molecule has 4 rings (SSSR count). The summed E-state index contributed by atoms with van der Waals surface area (Å²) in [6, 6.07) is 2.82. The maximum atomic E-state index is 13.8. The van der Waals surface area contributed by atoms with E-state index in [0.717, 1.165) is 19.3 Å². The maximum absolute atomic E-state index is 13.8. The highest BCUT2D eigenvalue weighted by Crippen LogP contribution is 2.44. The zero-order valence-corrected chi connectivity index (χ0v) is 25.1. The summed E-state index contributed by atoms with van der Waals surface area (Å²) in [7, 11) is 1.35. The second kappa shape index (κ2) is 13.4. The van der Waals surface area contributed by atoms with Crippen molar-refractivity contribution in [2.75, 3.05) is 28.6 Å². The Morgan fingerprint density at radius 3 is 2.13 bits per heavy atom. The molecule has 0 bridgehead atoms. The molecule has 17 heteroatoms. The van der Waals surface area contributed by atoms with Crippen LogP contribution >= 0.6 is 0 Å². The number of rotatable bonds is 8. The van der Waals surface area contributed by atoms with Gasteiger partial charge in [0.05, 0.1) is 54.7 Å². The third-order valence-corrected chi connectivity index (χ3v) is 7.26. The number of alkyl halides is 6. The maximum Gasteiger partial charge on any atom is 0.416 e. The standard InChI is InChI=1S/C29H30F6N6O5/c1-5-20-12-23(25-22(7-8-24(38-25)45-4)40(20)27(43)46-6-2)39(26-36-13-21(14-37-26)41(44)16(3)42)15-17-9-18(28(30,31)32)11-19(10-17)29(33,34)35/h7-11,13-14,20,23,44H,5-6,12,15H2,1-4H3/t20-,23?/m1/s1. The molecule has 0 spiro atoms. The number of fused-ring (bicyclic) bond motifs is 1. The highest BCUT2D eigenvalue weighted by atomic mass is 19.4. The van der Waals surface area contributed by atoms with Crippen molar-refractivity contribution in [2.45, 2.75) is 64.6 Å². The van der Waals surface area contributed by atoms with Crippen molar-refractivity contribution in [2.24, 2.45) is 0 Å². The molecule has 0 aliphatic carbocycles. The number of halogens is 6. The normalized spacial score (nSPS) is 16.5. The van der Waals surface area contributed by atoms with Crippen molar-refractivity contribution in [1.29, 1.82) is 0 Å². The van der Waals surface area contributed by atoms with E-state index in [0.29, 0.717) is 18.6 Å². The van der Waals surface area contributed by atoms with E-state index in [2.05, 4.69) is 15.0 Å². The number of anilines is 3. The molecular weight excluding hydrogens is 626 g/mol. The summed E-state index contributed by atoms with van der Waals surface area (Å²) in [5.74, 6) is -0.819. The van der Waals surface area contributed by atoms with Crippen molar-refractivity contribution < 1.29 is 50.6 Å². The highest BCUT2D eigenvalue weighted by Gasteiger charge is 2.42. The number of hydrogen-bond donors (Lipinski definition) is 1. The molecular formula is C29H30F6N6O5. The minimum atomic E-state index is -5.09. The van der Waals surface area contributed by atoms with E-state index in [9.17, 15) is 41.1 Å². The van der Waals surface area contributed by atoms with Gasteiger partial charge < -0.3 is 14.4 Å². The lowest BCUT2D eigenvalue weighted by molar-refractivity contribution is -0.143. The molecule has 2 amide bonds. The first-order chi connectivity index (χ1) is 21.6. The van der Waals surface area contributed by atoms with Gasteiger partial charge in [-0.05, 0) is 49.6 Å². The monoisotopic (exact) mass is 656 g/mol. The van der Waals surface area contributed by atoms with Crippen LogP contribution in [0.2, 0.25) is 0 Å². The Morgan fingerprint density at radius 1 is 1.02 bits per heavy atom. The van der Waals surface area contributed by atoms with Crippen LogP contribution in [0.1, 0.15) is 62.0 Å². The highest BCUT2D eigenvalue weighted by molar-refractivity contribution is 5.90. The van der Waals surface area contributed by atoms with Gasteiger partial charge in [0.1, 0.15) is 5.69 Å². The lowest BCUT2D eigenvalue weighted by Gasteiger charge is -2.43. The van der Waals surface area contributed by atoms with E-state index >= 15 is 0 Å². The van der Waals surface area contributed by atoms with Gasteiger partial charge in [-0.3, -0.25) is 14.9 Å². The summed E-state index contributed by atoms with van der Waals surface area (Å²) < 4.78 is 93.1. The van der Waals surface area contributed by atoms with Crippen LogP contribution in [0.4, 0.5) is 48.5 Å². The number of benzene rings is 1. The minimum absolute atomic E-state index is 0.0311. The summed E-state index contributed by atoms with van der Waals surface area (Å²) in [5, 5.41) is 10.3. The van der Waals surface area contributed by atoms with Crippen molar-refractivity contribution in [3.8, 4) is 5.88 Å². The number of methoxy groups -OCH3 is 1. The number of carbonyl (C=O) groups is 2. The van der Waals surface area contributed by atoms with Gasteiger partial charge >= 0.3 is 18.4 Å². The summed E-state index contributed by atoms with van der Waals surface area (Å²) in [5.41, 5.74) is -3.04. The number of aromatic nitrogens is 3. The molecule has 1 N–H and O–H groups in total. The Hall–Kier alpha value is -4.67. The van der Waals surface area contributed by atoms with Crippen LogP contribution in [-0.2, 0) is 28.4 Å². The fourth-order valence-corrected chi connectivity index (χ4v) is 5.13. The van der Waals surface area contributed by atoms with E-state index in [1.165, 1.54) is 23.0 Å². The smallest absolute Gasteiger partial charge is 0.416 e. The number of nitrogens with zero attached hydrogens (tertiary/aromatic N) is 6. The topological polar surface area (TPSA) is 121 Å². The predicted octanol–water partition coefficient (Wildman–Crippen LogP) is 6.55. The first kappa shape index (κ1) is 34.2. The summed E-state index contributed by atoms with van der Waals surface area (Å²) >= 11 is 0. The Balaban J connectivity index is 1.94. The molecule has 1 aliphatic heterocycles. The molecule has 1 unspecified atom stereocenters. The van der Waals surface area contributed by atoms with Gasteiger partial charge in [-0.25, -0.2) is 19.7 Å². The second-order valence-electron chi connectivity index (χ2n) is 10.3. The molecule has 46 heavy (non-hydrogen) atoms. The van der Waals surface area contributed by atoms with Gasteiger partial charge in [0, 0.05) is 25.6 Å². The summed E-state index contributed by atoms with van der Waals surface area (Å²) in [4.78, 5) is 40.4. The number of pyridine rings is 1. The number of carbonyl (C=O) groups excluding carboxylic acids is 2. The van der Waals surface area contributed by atoms with Crippen LogP contribution in [0.25, 0.3) is 0 Å². The number of hydrogen-bond acceptors (Lipinski definition) is 9. The Labute approximate surface area is 259 Å². The fraction of sp³-hybridized carbons (Fsp3) is 0.414.